The van der Waals surface area contributed by atoms with Gasteiger partial charge in [-0.05, 0) is 19.8 Å². The van der Waals surface area contributed by atoms with Gasteiger partial charge in [0.1, 0.15) is 5.69 Å². The fourth-order valence-corrected chi connectivity index (χ4v) is 3.49. The van der Waals surface area contributed by atoms with Crippen LogP contribution in [-0.2, 0) is 0 Å². The molecule has 1 saturated carbocycles. The van der Waals surface area contributed by atoms with E-state index in [0.717, 1.165) is 29.2 Å². The van der Waals surface area contributed by atoms with E-state index in [2.05, 4.69) is 15.3 Å². The third-order valence-corrected chi connectivity index (χ3v) is 4.79. The Morgan fingerprint density at radius 2 is 2.15 bits per heavy atom. The predicted octanol–water partition coefficient (Wildman–Crippen LogP) is 2.74. The number of carbonyl (C=O) groups is 2. The normalized spacial score (nSPS) is 14.2. The van der Waals surface area contributed by atoms with E-state index < -0.39 is 5.97 Å². The molecule has 0 atom stereocenters. The molecule has 1 amide bonds. The molecule has 0 bridgehead atoms. The molecule has 20 heavy (non-hydrogen) atoms. The molecule has 0 unspecified atom stereocenters. The molecule has 2 aromatic rings. The van der Waals surface area contributed by atoms with Crippen molar-refractivity contribution in [3.05, 3.63) is 26.7 Å². The molecule has 0 aromatic carbocycles. The van der Waals surface area contributed by atoms with Crippen LogP contribution in [0.1, 0.15) is 49.6 Å². The van der Waals surface area contributed by atoms with E-state index in [0.29, 0.717) is 16.5 Å². The number of carboxylic acid groups (broad SMARTS) is 1. The van der Waals surface area contributed by atoms with Crippen LogP contribution in [0.3, 0.4) is 0 Å². The van der Waals surface area contributed by atoms with E-state index in [-0.39, 0.29) is 16.7 Å². The molecule has 0 saturated heterocycles. The number of carboxylic acids is 1. The molecule has 2 N–H and O–H groups in total. The van der Waals surface area contributed by atoms with Crippen LogP contribution in [-0.4, -0.2) is 27.0 Å². The fraction of sp³-hybridized carbons (Fsp3) is 0.333. The number of nitrogens with zero attached hydrogens (tertiary/aromatic N) is 2. The van der Waals surface area contributed by atoms with Crippen molar-refractivity contribution in [3.8, 4) is 0 Å². The van der Waals surface area contributed by atoms with Gasteiger partial charge in [0.05, 0.1) is 5.01 Å². The fourth-order valence-electron chi connectivity index (χ4n) is 1.72. The van der Waals surface area contributed by atoms with E-state index in [1.165, 1.54) is 11.3 Å². The van der Waals surface area contributed by atoms with Crippen molar-refractivity contribution in [2.45, 2.75) is 25.7 Å². The zero-order valence-electron chi connectivity index (χ0n) is 10.5. The lowest BCUT2D eigenvalue weighted by molar-refractivity contribution is 0.0690. The number of aryl methyl sites for hydroxylation is 1. The van der Waals surface area contributed by atoms with E-state index in [9.17, 15) is 9.59 Å². The molecular formula is C12H11N3O3S2. The first-order valence-corrected chi connectivity index (χ1v) is 7.71. The summed E-state index contributed by atoms with van der Waals surface area (Å²) in [5.74, 6) is -0.926. The standard InChI is InChI=1S/C12H11N3O3S2/c1-5-8(11(17)18)14-12(20-5)15-9(16)7-4-19-10(13-7)6-2-3-6/h4,6H,2-3H2,1H3,(H,17,18)(H,14,15,16). The van der Waals surface area contributed by atoms with Gasteiger partial charge in [-0.2, -0.15) is 0 Å². The van der Waals surface area contributed by atoms with Crippen LogP contribution in [0.2, 0.25) is 0 Å². The van der Waals surface area contributed by atoms with Crippen LogP contribution in [0.15, 0.2) is 5.38 Å². The van der Waals surface area contributed by atoms with E-state index >= 15 is 0 Å². The maximum atomic E-state index is 12.0. The van der Waals surface area contributed by atoms with Crippen LogP contribution in [0.5, 0.6) is 0 Å². The number of aromatic nitrogens is 2. The Kier molecular flexibility index (Phi) is 3.27. The number of nitrogens with one attached hydrogen (secondary N) is 1. The number of carbonyl (C=O) groups excluding carboxylic acids is 1. The van der Waals surface area contributed by atoms with Crippen molar-refractivity contribution in [1.82, 2.24) is 9.97 Å². The highest BCUT2D eigenvalue weighted by Gasteiger charge is 2.27. The maximum Gasteiger partial charge on any atom is 0.355 e. The molecule has 1 aliphatic rings. The lowest BCUT2D eigenvalue weighted by atomic mass is 10.4. The predicted molar refractivity (Wildman–Crippen MR) is 75.9 cm³/mol. The topological polar surface area (TPSA) is 92.2 Å². The first-order valence-electron chi connectivity index (χ1n) is 6.02. The molecule has 2 aromatic heterocycles. The largest absolute Gasteiger partial charge is 0.476 e. The highest BCUT2D eigenvalue weighted by atomic mass is 32.1. The van der Waals surface area contributed by atoms with Crippen molar-refractivity contribution in [3.63, 3.8) is 0 Å². The summed E-state index contributed by atoms with van der Waals surface area (Å²) >= 11 is 2.63. The molecule has 0 spiro atoms. The number of amides is 1. The zero-order chi connectivity index (χ0) is 14.3. The van der Waals surface area contributed by atoms with Gasteiger partial charge >= 0.3 is 5.97 Å². The Balaban J connectivity index is 1.74. The second-order valence-corrected chi connectivity index (χ2v) is 6.62. The second-order valence-electron chi connectivity index (χ2n) is 4.53. The molecule has 3 rings (SSSR count). The summed E-state index contributed by atoms with van der Waals surface area (Å²) < 4.78 is 0. The highest BCUT2D eigenvalue weighted by Crippen LogP contribution is 2.41. The van der Waals surface area contributed by atoms with Crippen LogP contribution < -0.4 is 5.32 Å². The molecule has 104 valence electrons. The molecule has 6 nitrogen and oxygen atoms in total. The second kappa shape index (κ2) is 4.95. The lowest BCUT2D eigenvalue weighted by Crippen LogP contribution is -2.12. The van der Waals surface area contributed by atoms with Crippen molar-refractivity contribution < 1.29 is 14.7 Å². The monoisotopic (exact) mass is 309 g/mol. The van der Waals surface area contributed by atoms with E-state index in [4.69, 9.17) is 5.11 Å². The van der Waals surface area contributed by atoms with Crippen molar-refractivity contribution >= 4 is 39.7 Å². The van der Waals surface area contributed by atoms with Gasteiger partial charge in [-0.3, -0.25) is 10.1 Å². The van der Waals surface area contributed by atoms with Crippen LogP contribution in [0.25, 0.3) is 0 Å². The Bertz CT molecular complexity index is 688. The number of anilines is 1. The molecule has 0 radical (unpaired) electrons. The number of hydrogen-bond donors (Lipinski definition) is 2. The molecule has 8 heteroatoms. The minimum Gasteiger partial charge on any atom is -0.476 e. The van der Waals surface area contributed by atoms with Gasteiger partial charge < -0.3 is 5.11 Å². The van der Waals surface area contributed by atoms with Gasteiger partial charge in [-0.25, -0.2) is 14.8 Å². The van der Waals surface area contributed by atoms with Crippen LogP contribution in [0, 0.1) is 6.92 Å². The number of hydrogen-bond acceptors (Lipinski definition) is 6. The molecule has 1 aliphatic carbocycles. The number of rotatable bonds is 4. The van der Waals surface area contributed by atoms with Gasteiger partial charge in [0, 0.05) is 16.2 Å². The summed E-state index contributed by atoms with van der Waals surface area (Å²) in [6.45, 7) is 1.66. The minimum atomic E-state index is -1.09. The minimum absolute atomic E-state index is 0.0257. The zero-order valence-corrected chi connectivity index (χ0v) is 12.2. The Morgan fingerprint density at radius 3 is 2.75 bits per heavy atom. The quantitative estimate of drug-likeness (QED) is 0.906. The molecule has 1 fully saturated rings. The maximum absolute atomic E-state index is 12.0. The summed E-state index contributed by atoms with van der Waals surface area (Å²) in [4.78, 5) is 31.7. The van der Waals surface area contributed by atoms with E-state index in [1.54, 1.807) is 12.3 Å². The van der Waals surface area contributed by atoms with Gasteiger partial charge in [0.15, 0.2) is 10.8 Å². The molecular weight excluding hydrogens is 298 g/mol. The van der Waals surface area contributed by atoms with Crippen LogP contribution in [0.4, 0.5) is 5.13 Å². The Morgan fingerprint density at radius 1 is 1.40 bits per heavy atom. The number of aromatic carboxylic acids is 1. The Hall–Kier alpha value is -1.80. The van der Waals surface area contributed by atoms with Gasteiger partial charge in [-0.1, -0.05) is 0 Å². The summed E-state index contributed by atoms with van der Waals surface area (Å²) in [6.07, 6.45) is 2.28. The third-order valence-electron chi connectivity index (χ3n) is 2.90. The van der Waals surface area contributed by atoms with Crippen molar-refractivity contribution in [2.24, 2.45) is 0 Å². The van der Waals surface area contributed by atoms with Crippen molar-refractivity contribution in [2.75, 3.05) is 5.32 Å². The number of thiazole rings is 2. The van der Waals surface area contributed by atoms with Gasteiger partial charge in [0.25, 0.3) is 5.91 Å². The molecule has 2 heterocycles. The summed E-state index contributed by atoms with van der Waals surface area (Å²) in [6, 6.07) is 0. The average Bonchev–Trinajstić information content (AvgIpc) is 2.99. The average molecular weight is 309 g/mol. The highest BCUT2D eigenvalue weighted by molar-refractivity contribution is 7.16. The lowest BCUT2D eigenvalue weighted by Gasteiger charge is -1.97. The summed E-state index contributed by atoms with van der Waals surface area (Å²) in [7, 11) is 0. The van der Waals surface area contributed by atoms with Crippen LogP contribution >= 0.6 is 22.7 Å². The van der Waals surface area contributed by atoms with E-state index in [1.807, 2.05) is 0 Å². The smallest absolute Gasteiger partial charge is 0.355 e. The summed E-state index contributed by atoms with van der Waals surface area (Å²) in [5, 5.41) is 14.5. The summed E-state index contributed by atoms with van der Waals surface area (Å²) in [5.41, 5.74) is 0.337. The first kappa shape index (κ1) is 13.2. The molecule has 0 aliphatic heterocycles. The first-order chi connectivity index (χ1) is 9.54. The Labute approximate surface area is 122 Å². The van der Waals surface area contributed by atoms with Crippen molar-refractivity contribution in [1.29, 1.82) is 0 Å². The third kappa shape index (κ3) is 2.56. The van der Waals surface area contributed by atoms with Gasteiger partial charge in [-0.15, -0.1) is 22.7 Å². The SMILES string of the molecule is Cc1sc(NC(=O)c2csc(C3CC3)n2)nc1C(=O)O. The van der Waals surface area contributed by atoms with Gasteiger partial charge in [0.2, 0.25) is 0 Å².